The molecule has 0 radical (unpaired) electrons. The number of nitrogens with one attached hydrogen (secondary N) is 1. The van der Waals surface area contributed by atoms with Crippen LogP contribution in [-0.4, -0.2) is 40.3 Å². The van der Waals surface area contributed by atoms with Crippen LogP contribution < -0.4 is 28.3 Å². The van der Waals surface area contributed by atoms with Gasteiger partial charge in [-0.15, -0.1) is 0 Å². The van der Waals surface area contributed by atoms with Gasteiger partial charge in [-0.25, -0.2) is 0 Å². The second-order valence-corrected chi connectivity index (χ2v) is 2.91. The molecule has 5 nitrogen and oxygen atoms in total. The molecule has 1 fully saturated rings. The molecule has 1 rings (SSSR count). The molecule has 15 heavy (non-hydrogen) atoms. The molecule has 0 saturated heterocycles. The van der Waals surface area contributed by atoms with Crippen molar-refractivity contribution in [3.05, 3.63) is 0 Å². The molecule has 1 aliphatic carbocycles. The van der Waals surface area contributed by atoms with Crippen LogP contribution in [0.25, 0.3) is 0 Å². The van der Waals surface area contributed by atoms with Gasteiger partial charge >= 0.3 is 0 Å². The average Bonchev–Trinajstić information content (AvgIpc) is 2.36. The van der Waals surface area contributed by atoms with Gasteiger partial charge in [-0.3, -0.25) is 0 Å². The zero-order valence-corrected chi connectivity index (χ0v) is 10.8. The standard InChI is InChI=1S/C7H16N2.3CH5N/c1-9-7-4-2-3-6(8)5-7;3*1-2/h6-7,9H,2-5,8H2,1H3;3*2H2,1H3. The maximum atomic E-state index is 5.76. The predicted octanol–water partition coefficient (Wildman–Crippen LogP) is -0.800. The van der Waals surface area contributed by atoms with Gasteiger partial charge < -0.3 is 28.3 Å². The van der Waals surface area contributed by atoms with Gasteiger partial charge in [0.1, 0.15) is 0 Å². The van der Waals surface area contributed by atoms with E-state index in [4.69, 9.17) is 5.73 Å². The van der Waals surface area contributed by atoms with Crippen molar-refractivity contribution in [2.45, 2.75) is 37.8 Å². The number of nitrogens with two attached hydrogens (primary N) is 4. The Labute approximate surface area is 94.9 Å². The monoisotopic (exact) mass is 221 g/mol. The van der Waals surface area contributed by atoms with Crippen molar-refractivity contribution in [2.24, 2.45) is 22.9 Å². The van der Waals surface area contributed by atoms with Crippen molar-refractivity contribution in [1.82, 2.24) is 5.32 Å². The van der Waals surface area contributed by atoms with E-state index in [-0.39, 0.29) is 0 Å². The summed E-state index contributed by atoms with van der Waals surface area (Å²) >= 11 is 0. The van der Waals surface area contributed by atoms with Crippen LogP contribution in [0.5, 0.6) is 0 Å². The molecule has 2 unspecified atom stereocenters. The fourth-order valence-electron chi connectivity index (χ4n) is 1.49. The minimum absolute atomic E-state index is 0.455. The van der Waals surface area contributed by atoms with E-state index >= 15 is 0 Å². The van der Waals surface area contributed by atoms with Crippen molar-refractivity contribution in [3.63, 3.8) is 0 Å². The zero-order valence-electron chi connectivity index (χ0n) is 10.8. The topological polar surface area (TPSA) is 116 Å². The Morgan fingerprint density at radius 1 is 0.933 bits per heavy atom. The summed E-state index contributed by atoms with van der Waals surface area (Å²) in [6.07, 6.45) is 4.99. The van der Waals surface area contributed by atoms with Crippen LogP contribution in [0.3, 0.4) is 0 Å². The molecule has 0 aromatic heterocycles. The largest absolute Gasteiger partial charge is 0.333 e. The lowest BCUT2D eigenvalue weighted by Crippen LogP contribution is -2.37. The highest BCUT2D eigenvalue weighted by Crippen LogP contribution is 2.15. The lowest BCUT2D eigenvalue weighted by molar-refractivity contribution is 0.355. The Hall–Kier alpha value is -0.200. The molecular formula is C10H31N5. The minimum atomic E-state index is 0.455. The SMILES string of the molecule is CN.CN.CN.CNC1CCCC(N)C1. The maximum absolute atomic E-state index is 5.76. The summed E-state index contributed by atoms with van der Waals surface area (Å²) in [6.45, 7) is 0. The van der Waals surface area contributed by atoms with Gasteiger partial charge in [0, 0.05) is 12.1 Å². The number of rotatable bonds is 1. The van der Waals surface area contributed by atoms with E-state index in [0.717, 1.165) is 6.42 Å². The highest BCUT2D eigenvalue weighted by atomic mass is 14.9. The van der Waals surface area contributed by atoms with Gasteiger partial charge in [0.15, 0.2) is 0 Å². The normalized spacial score (nSPS) is 23.2. The smallest absolute Gasteiger partial charge is 0.00788 e. The summed E-state index contributed by atoms with van der Waals surface area (Å²) in [5, 5.41) is 3.25. The lowest BCUT2D eigenvalue weighted by Gasteiger charge is -2.25. The Morgan fingerprint density at radius 3 is 1.67 bits per heavy atom. The van der Waals surface area contributed by atoms with E-state index < -0.39 is 0 Å². The molecule has 96 valence electrons. The van der Waals surface area contributed by atoms with Crippen LogP contribution >= 0.6 is 0 Å². The molecule has 0 spiro atoms. The van der Waals surface area contributed by atoms with Crippen LogP contribution in [0.15, 0.2) is 0 Å². The third kappa shape index (κ3) is 13.8. The molecule has 0 aromatic carbocycles. The molecule has 0 aromatic rings. The first-order valence-corrected chi connectivity index (χ1v) is 5.49. The molecule has 0 aliphatic heterocycles. The molecule has 0 bridgehead atoms. The molecular weight excluding hydrogens is 190 g/mol. The van der Waals surface area contributed by atoms with E-state index in [1.807, 2.05) is 7.05 Å². The zero-order chi connectivity index (χ0) is 12.7. The summed E-state index contributed by atoms with van der Waals surface area (Å²) in [7, 11) is 6.52. The quantitative estimate of drug-likeness (QED) is 0.397. The van der Waals surface area contributed by atoms with Gasteiger partial charge in [-0.1, -0.05) is 6.42 Å². The van der Waals surface area contributed by atoms with E-state index in [2.05, 4.69) is 22.5 Å². The Morgan fingerprint density at radius 2 is 1.40 bits per heavy atom. The van der Waals surface area contributed by atoms with Crippen LogP contribution in [0.1, 0.15) is 25.7 Å². The van der Waals surface area contributed by atoms with E-state index in [9.17, 15) is 0 Å². The molecule has 1 aliphatic rings. The third-order valence-electron chi connectivity index (χ3n) is 2.12. The Kier molecular flexibility index (Phi) is 26.2. The van der Waals surface area contributed by atoms with Crippen molar-refractivity contribution in [3.8, 4) is 0 Å². The van der Waals surface area contributed by atoms with E-state index in [1.165, 1.54) is 40.4 Å². The molecule has 0 heterocycles. The molecule has 0 amide bonds. The summed E-state index contributed by atoms with van der Waals surface area (Å²) < 4.78 is 0. The minimum Gasteiger partial charge on any atom is -0.333 e. The van der Waals surface area contributed by atoms with Crippen molar-refractivity contribution in [1.29, 1.82) is 0 Å². The summed E-state index contributed by atoms with van der Waals surface area (Å²) in [4.78, 5) is 0. The van der Waals surface area contributed by atoms with Crippen LogP contribution in [0, 0.1) is 0 Å². The lowest BCUT2D eigenvalue weighted by atomic mass is 9.92. The van der Waals surface area contributed by atoms with Gasteiger partial charge in [0.2, 0.25) is 0 Å². The molecule has 1 saturated carbocycles. The van der Waals surface area contributed by atoms with Crippen molar-refractivity contribution < 1.29 is 0 Å². The fourth-order valence-corrected chi connectivity index (χ4v) is 1.49. The first-order valence-electron chi connectivity index (χ1n) is 5.49. The van der Waals surface area contributed by atoms with Crippen molar-refractivity contribution in [2.75, 3.05) is 28.2 Å². The van der Waals surface area contributed by atoms with Crippen LogP contribution in [-0.2, 0) is 0 Å². The third-order valence-corrected chi connectivity index (χ3v) is 2.12. The van der Waals surface area contributed by atoms with E-state index in [0.29, 0.717) is 12.1 Å². The molecule has 9 N–H and O–H groups in total. The van der Waals surface area contributed by atoms with E-state index in [1.54, 1.807) is 0 Å². The van der Waals surface area contributed by atoms with Crippen LogP contribution in [0.2, 0.25) is 0 Å². The highest BCUT2D eigenvalue weighted by molar-refractivity contribution is 4.78. The average molecular weight is 221 g/mol. The second-order valence-electron chi connectivity index (χ2n) is 2.91. The van der Waals surface area contributed by atoms with Crippen molar-refractivity contribution >= 4 is 0 Å². The van der Waals surface area contributed by atoms with Crippen LogP contribution in [0.4, 0.5) is 0 Å². The van der Waals surface area contributed by atoms with Gasteiger partial charge in [0.05, 0.1) is 0 Å². The summed E-state index contributed by atoms with van der Waals surface area (Å²) in [6, 6.07) is 1.14. The second kappa shape index (κ2) is 19.4. The maximum Gasteiger partial charge on any atom is 0.00788 e. The number of hydrogen-bond donors (Lipinski definition) is 5. The molecule has 2 atom stereocenters. The number of hydrogen-bond acceptors (Lipinski definition) is 5. The Bertz CT molecular complexity index is 89.9. The predicted molar refractivity (Wildman–Crippen MR) is 69.6 cm³/mol. The first kappa shape index (κ1) is 20.2. The van der Waals surface area contributed by atoms with Gasteiger partial charge in [-0.2, -0.15) is 0 Å². The fraction of sp³-hybridized carbons (Fsp3) is 1.00. The van der Waals surface area contributed by atoms with Gasteiger partial charge in [0.25, 0.3) is 0 Å². The summed E-state index contributed by atoms with van der Waals surface area (Å²) in [5.41, 5.74) is 19.3. The van der Waals surface area contributed by atoms with Gasteiger partial charge in [-0.05, 0) is 47.5 Å². The summed E-state index contributed by atoms with van der Waals surface area (Å²) in [5.74, 6) is 0. The highest BCUT2D eigenvalue weighted by Gasteiger charge is 2.16. The first-order chi connectivity index (χ1) is 7.33. The molecule has 5 heteroatoms. The Balaban J connectivity index is -0.000000208.